The number of rotatable bonds is 4. The van der Waals surface area contributed by atoms with Crippen LogP contribution in [0, 0.1) is 6.92 Å². The summed E-state index contributed by atoms with van der Waals surface area (Å²) < 4.78 is 0. The number of hydrogen-bond donors (Lipinski definition) is 1. The Morgan fingerprint density at radius 2 is 2.12 bits per heavy atom. The monoisotopic (exact) mass is 114 g/mol. The molecule has 0 radical (unpaired) electrons. The molecule has 0 fully saturated rings. The molecular weight excluding hydrogens is 98.1 g/mol. The minimum atomic E-state index is 0.376. The SMILES string of the molecule is [CH2+]CCCCC(C)N. The highest BCUT2D eigenvalue weighted by atomic mass is 14.6. The van der Waals surface area contributed by atoms with Crippen molar-refractivity contribution in [2.75, 3.05) is 0 Å². The van der Waals surface area contributed by atoms with Crippen LogP contribution in [0.25, 0.3) is 0 Å². The highest BCUT2D eigenvalue weighted by Crippen LogP contribution is 1.99. The van der Waals surface area contributed by atoms with Gasteiger partial charge in [0.05, 0.1) is 13.3 Å². The molecular formula is C7H16N+. The van der Waals surface area contributed by atoms with E-state index >= 15 is 0 Å². The summed E-state index contributed by atoms with van der Waals surface area (Å²) in [6.45, 7) is 5.79. The molecule has 0 aromatic carbocycles. The van der Waals surface area contributed by atoms with Crippen LogP contribution in [0.2, 0.25) is 0 Å². The number of unbranched alkanes of at least 4 members (excludes halogenated alkanes) is 2. The van der Waals surface area contributed by atoms with Gasteiger partial charge >= 0.3 is 0 Å². The molecule has 1 nitrogen and oxygen atoms in total. The standard InChI is InChI=1S/C7H16N/c1-3-4-5-6-7(2)8/h7H,1,3-6,8H2,2H3/q+1. The first-order valence-electron chi connectivity index (χ1n) is 3.32. The molecule has 0 spiro atoms. The van der Waals surface area contributed by atoms with Crippen LogP contribution in [0.15, 0.2) is 0 Å². The van der Waals surface area contributed by atoms with E-state index in [2.05, 4.69) is 6.92 Å². The molecule has 0 bridgehead atoms. The lowest BCUT2D eigenvalue weighted by Gasteiger charge is -1.99. The normalized spacial score (nSPS) is 13.8. The molecule has 1 atom stereocenters. The second kappa shape index (κ2) is 4.98. The first kappa shape index (κ1) is 7.83. The van der Waals surface area contributed by atoms with Crippen molar-refractivity contribution < 1.29 is 0 Å². The highest BCUT2D eigenvalue weighted by molar-refractivity contribution is 4.52. The van der Waals surface area contributed by atoms with Crippen molar-refractivity contribution >= 4 is 0 Å². The zero-order valence-corrected chi connectivity index (χ0v) is 5.69. The largest absolute Gasteiger partial charge is 0.328 e. The van der Waals surface area contributed by atoms with Gasteiger partial charge in [-0.15, -0.1) is 0 Å². The molecule has 1 unspecified atom stereocenters. The van der Waals surface area contributed by atoms with E-state index in [0.29, 0.717) is 6.04 Å². The van der Waals surface area contributed by atoms with Gasteiger partial charge in [0.15, 0.2) is 0 Å². The van der Waals surface area contributed by atoms with E-state index in [9.17, 15) is 0 Å². The van der Waals surface area contributed by atoms with Crippen molar-refractivity contribution in [3.05, 3.63) is 6.92 Å². The maximum Gasteiger partial charge on any atom is 0.0850 e. The molecule has 0 aliphatic heterocycles. The summed E-state index contributed by atoms with van der Waals surface area (Å²) >= 11 is 0. The summed E-state index contributed by atoms with van der Waals surface area (Å²) in [7, 11) is 0. The van der Waals surface area contributed by atoms with Crippen LogP contribution >= 0.6 is 0 Å². The summed E-state index contributed by atoms with van der Waals surface area (Å²) in [6, 6.07) is 0.376. The minimum Gasteiger partial charge on any atom is -0.328 e. The number of nitrogens with two attached hydrogens (primary N) is 1. The first-order chi connectivity index (χ1) is 3.77. The Kier molecular flexibility index (Phi) is 4.87. The summed E-state index contributed by atoms with van der Waals surface area (Å²) in [5.74, 6) is 0. The van der Waals surface area contributed by atoms with E-state index < -0.39 is 0 Å². The lowest BCUT2D eigenvalue weighted by molar-refractivity contribution is 0.601. The van der Waals surface area contributed by atoms with Gasteiger partial charge in [-0.1, -0.05) is 0 Å². The van der Waals surface area contributed by atoms with Gasteiger partial charge in [-0.3, -0.25) is 0 Å². The molecule has 0 aromatic heterocycles. The van der Waals surface area contributed by atoms with Gasteiger partial charge in [-0.05, 0) is 26.2 Å². The van der Waals surface area contributed by atoms with Crippen molar-refractivity contribution in [1.82, 2.24) is 0 Å². The van der Waals surface area contributed by atoms with Gasteiger partial charge in [0.1, 0.15) is 0 Å². The van der Waals surface area contributed by atoms with Crippen molar-refractivity contribution in [2.45, 2.75) is 38.6 Å². The Morgan fingerprint density at radius 1 is 1.50 bits per heavy atom. The van der Waals surface area contributed by atoms with Crippen LogP contribution in [-0.4, -0.2) is 6.04 Å². The molecule has 0 aliphatic carbocycles. The molecule has 48 valence electrons. The Bertz CT molecular complexity index is 41.7. The third-order valence-corrected chi connectivity index (χ3v) is 1.16. The maximum absolute atomic E-state index is 5.51. The third kappa shape index (κ3) is 5.83. The van der Waals surface area contributed by atoms with E-state index in [1.54, 1.807) is 0 Å². The molecule has 0 amide bonds. The van der Waals surface area contributed by atoms with Gasteiger partial charge in [0, 0.05) is 6.04 Å². The van der Waals surface area contributed by atoms with Crippen LogP contribution in [0.5, 0.6) is 0 Å². The molecule has 8 heavy (non-hydrogen) atoms. The summed E-state index contributed by atoms with van der Waals surface area (Å²) in [5, 5.41) is 0. The fraction of sp³-hybridized carbons (Fsp3) is 0.857. The lowest BCUT2D eigenvalue weighted by atomic mass is 10.1. The van der Waals surface area contributed by atoms with Crippen LogP contribution in [0.4, 0.5) is 0 Å². The van der Waals surface area contributed by atoms with E-state index in [1.807, 2.05) is 6.92 Å². The van der Waals surface area contributed by atoms with Crippen LogP contribution in [-0.2, 0) is 0 Å². The molecule has 0 aromatic rings. The van der Waals surface area contributed by atoms with Crippen molar-refractivity contribution in [3.63, 3.8) is 0 Å². The lowest BCUT2D eigenvalue weighted by Crippen LogP contribution is -2.13. The van der Waals surface area contributed by atoms with Crippen molar-refractivity contribution in [2.24, 2.45) is 5.73 Å². The Morgan fingerprint density at radius 3 is 2.50 bits per heavy atom. The molecule has 1 heteroatoms. The summed E-state index contributed by atoms with van der Waals surface area (Å²) in [6.07, 6.45) is 4.66. The summed E-state index contributed by atoms with van der Waals surface area (Å²) in [5.41, 5.74) is 5.51. The zero-order valence-electron chi connectivity index (χ0n) is 5.69. The quantitative estimate of drug-likeness (QED) is 0.437. The van der Waals surface area contributed by atoms with Gasteiger partial charge < -0.3 is 5.73 Å². The van der Waals surface area contributed by atoms with Crippen molar-refractivity contribution in [1.29, 1.82) is 0 Å². The van der Waals surface area contributed by atoms with E-state index in [4.69, 9.17) is 5.73 Å². The van der Waals surface area contributed by atoms with Crippen LogP contribution < -0.4 is 5.73 Å². The third-order valence-electron chi connectivity index (χ3n) is 1.16. The van der Waals surface area contributed by atoms with Gasteiger partial charge in [-0.2, -0.15) is 0 Å². The average molecular weight is 114 g/mol. The fourth-order valence-corrected chi connectivity index (χ4v) is 0.643. The second-order valence-corrected chi connectivity index (χ2v) is 2.33. The minimum absolute atomic E-state index is 0.376. The average Bonchev–Trinajstić information content (AvgIpc) is 1.66. The second-order valence-electron chi connectivity index (χ2n) is 2.33. The smallest absolute Gasteiger partial charge is 0.0850 e. The predicted octanol–water partition coefficient (Wildman–Crippen LogP) is 1.73. The molecule has 0 saturated carbocycles. The first-order valence-corrected chi connectivity index (χ1v) is 3.32. The van der Waals surface area contributed by atoms with Crippen LogP contribution in [0.3, 0.4) is 0 Å². The van der Waals surface area contributed by atoms with Crippen molar-refractivity contribution in [3.8, 4) is 0 Å². The van der Waals surface area contributed by atoms with E-state index in [0.717, 1.165) is 12.8 Å². The van der Waals surface area contributed by atoms with Gasteiger partial charge in [0.2, 0.25) is 0 Å². The van der Waals surface area contributed by atoms with E-state index in [1.165, 1.54) is 12.8 Å². The van der Waals surface area contributed by atoms with Gasteiger partial charge in [0.25, 0.3) is 0 Å². The topological polar surface area (TPSA) is 26.0 Å². The maximum atomic E-state index is 5.51. The van der Waals surface area contributed by atoms with Crippen LogP contribution in [0.1, 0.15) is 32.6 Å². The molecule has 0 aliphatic rings. The number of hydrogen-bond acceptors (Lipinski definition) is 1. The van der Waals surface area contributed by atoms with Gasteiger partial charge in [-0.25, -0.2) is 0 Å². The Balaban J connectivity index is 2.72. The molecule has 0 saturated heterocycles. The zero-order chi connectivity index (χ0) is 6.41. The molecule has 0 rings (SSSR count). The molecule has 2 N–H and O–H groups in total. The Labute approximate surface area is 52.3 Å². The fourth-order valence-electron chi connectivity index (χ4n) is 0.643. The highest BCUT2D eigenvalue weighted by Gasteiger charge is 1.92. The summed E-state index contributed by atoms with van der Waals surface area (Å²) in [4.78, 5) is 0. The molecule has 0 heterocycles. The Hall–Kier alpha value is -0.170. The van der Waals surface area contributed by atoms with E-state index in [-0.39, 0.29) is 0 Å². The predicted molar refractivity (Wildman–Crippen MR) is 37.5 cm³/mol.